The Morgan fingerprint density at radius 1 is 1.12 bits per heavy atom. The van der Waals surface area contributed by atoms with Gasteiger partial charge in [0.1, 0.15) is 0 Å². The average Bonchev–Trinajstić information content (AvgIpc) is 2.82. The van der Waals surface area contributed by atoms with Crippen molar-refractivity contribution in [1.29, 1.82) is 0 Å². The normalized spacial score (nSPS) is 10.6. The van der Waals surface area contributed by atoms with Crippen molar-refractivity contribution in [1.82, 2.24) is 9.55 Å². The summed E-state index contributed by atoms with van der Waals surface area (Å²) >= 11 is 0. The van der Waals surface area contributed by atoms with Gasteiger partial charge >= 0.3 is 0 Å². The highest BCUT2D eigenvalue weighted by Crippen LogP contribution is 2.22. The van der Waals surface area contributed by atoms with Crippen LogP contribution in [0.2, 0.25) is 0 Å². The van der Waals surface area contributed by atoms with E-state index in [0.29, 0.717) is 5.88 Å². The van der Waals surface area contributed by atoms with Crippen molar-refractivity contribution >= 4 is 10.9 Å². The van der Waals surface area contributed by atoms with Gasteiger partial charge < -0.3 is 9.30 Å². The Kier molecular flexibility index (Phi) is 2.29. The zero-order valence-electron chi connectivity index (χ0n) is 9.50. The molecule has 0 fully saturated rings. The van der Waals surface area contributed by atoms with Crippen molar-refractivity contribution in [3.8, 4) is 11.6 Å². The van der Waals surface area contributed by atoms with Crippen LogP contribution in [-0.2, 0) is 0 Å². The highest BCUT2D eigenvalue weighted by molar-refractivity contribution is 5.82. The number of nitrogens with zero attached hydrogens (tertiary/aromatic N) is 2. The second-order valence-corrected chi connectivity index (χ2v) is 3.81. The molecule has 2 aromatic heterocycles. The van der Waals surface area contributed by atoms with Gasteiger partial charge in [0.15, 0.2) is 0 Å². The lowest BCUT2D eigenvalue weighted by Crippen LogP contribution is -1.92. The lowest BCUT2D eigenvalue weighted by molar-refractivity contribution is 0.398. The van der Waals surface area contributed by atoms with Crippen LogP contribution in [0.4, 0.5) is 0 Å². The fourth-order valence-electron chi connectivity index (χ4n) is 1.94. The van der Waals surface area contributed by atoms with Gasteiger partial charge in [-0.25, -0.2) is 4.98 Å². The van der Waals surface area contributed by atoms with E-state index in [1.54, 1.807) is 7.11 Å². The van der Waals surface area contributed by atoms with E-state index >= 15 is 0 Å². The predicted molar refractivity (Wildman–Crippen MR) is 67.6 cm³/mol. The van der Waals surface area contributed by atoms with Gasteiger partial charge in [-0.1, -0.05) is 18.2 Å². The molecule has 3 nitrogen and oxygen atoms in total. The van der Waals surface area contributed by atoms with Gasteiger partial charge in [-0.3, -0.25) is 0 Å². The first-order valence-electron chi connectivity index (χ1n) is 5.45. The highest BCUT2D eigenvalue weighted by atomic mass is 16.5. The van der Waals surface area contributed by atoms with Crippen molar-refractivity contribution in [2.45, 2.75) is 0 Å². The molecule has 0 aliphatic carbocycles. The van der Waals surface area contributed by atoms with Crippen LogP contribution >= 0.6 is 0 Å². The smallest absolute Gasteiger partial charge is 0.213 e. The number of hydrogen-bond acceptors (Lipinski definition) is 2. The van der Waals surface area contributed by atoms with E-state index in [1.807, 2.05) is 36.7 Å². The summed E-state index contributed by atoms with van der Waals surface area (Å²) in [7, 11) is 1.63. The molecule has 0 aliphatic rings. The van der Waals surface area contributed by atoms with Crippen molar-refractivity contribution in [2.24, 2.45) is 0 Å². The minimum Gasteiger partial charge on any atom is -0.481 e. The Bertz CT molecular complexity index is 644. The monoisotopic (exact) mass is 224 g/mol. The summed E-state index contributed by atoms with van der Waals surface area (Å²) < 4.78 is 7.23. The summed E-state index contributed by atoms with van der Waals surface area (Å²) in [5, 5.41) is 1.13. The van der Waals surface area contributed by atoms with Gasteiger partial charge in [-0.15, -0.1) is 0 Å². The molecular weight excluding hydrogens is 212 g/mol. The van der Waals surface area contributed by atoms with E-state index in [-0.39, 0.29) is 0 Å². The molecule has 0 spiro atoms. The Balaban J connectivity index is 2.19. The molecule has 17 heavy (non-hydrogen) atoms. The Labute approximate surface area is 99.3 Å². The number of hydrogen-bond donors (Lipinski definition) is 0. The minimum atomic E-state index is 0.642. The zero-order valence-corrected chi connectivity index (χ0v) is 9.50. The van der Waals surface area contributed by atoms with Gasteiger partial charge in [0.05, 0.1) is 18.8 Å². The third-order valence-corrected chi connectivity index (χ3v) is 2.80. The Hall–Kier alpha value is -2.29. The quantitative estimate of drug-likeness (QED) is 0.669. The largest absolute Gasteiger partial charge is 0.481 e. The average molecular weight is 224 g/mol. The molecule has 0 unspecified atom stereocenters. The van der Waals surface area contributed by atoms with Gasteiger partial charge in [0, 0.05) is 23.3 Å². The molecule has 2 heterocycles. The maximum Gasteiger partial charge on any atom is 0.213 e. The van der Waals surface area contributed by atoms with E-state index in [4.69, 9.17) is 4.74 Å². The number of methoxy groups -OCH3 is 1. The number of para-hydroxylation sites is 1. The molecule has 0 amide bonds. The number of aromatic nitrogens is 2. The molecule has 1 aromatic carbocycles. The number of benzene rings is 1. The third-order valence-electron chi connectivity index (χ3n) is 2.80. The van der Waals surface area contributed by atoms with Crippen LogP contribution in [0, 0.1) is 0 Å². The molecule has 0 saturated heterocycles. The SMILES string of the molecule is COc1cc2ccn(-c3ccccc3)c2cn1. The number of fused-ring (bicyclic) bond motifs is 1. The van der Waals surface area contributed by atoms with Crippen LogP contribution in [0.15, 0.2) is 54.9 Å². The summed E-state index contributed by atoms with van der Waals surface area (Å²) in [5.41, 5.74) is 2.21. The predicted octanol–water partition coefficient (Wildman–Crippen LogP) is 3.03. The van der Waals surface area contributed by atoms with Gasteiger partial charge in [-0.2, -0.15) is 0 Å². The minimum absolute atomic E-state index is 0.642. The zero-order chi connectivity index (χ0) is 11.7. The summed E-state index contributed by atoms with van der Waals surface area (Å²) in [5.74, 6) is 0.642. The molecule has 84 valence electrons. The molecule has 3 rings (SSSR count). The molecule has 0 bridgehead atoms. The molecule has 0 aliphatic heterocycles. The molecule has 0 saturated carbocycles. The van der Waals surface area contributed by atoms with E-state index in [0.717, 1.165) is 16.6 Å². The van der Waals surface area contributed by atoms with Crippen LogP contribution in [0.1, 0.15) is 0 Å². The molecule has 3 aromatic rings. The van der Waals surface area contributed by atoms with E-state index in [2.05, 4.69) is 27.8 Å². The maximum absolute atomic E-state index is 5.12. The van der Waals surface area contributed by atoms with Gasteiger partial charge in [-0.05, 0) is 18.2 Å². The second kappa shape index (κ2) is 3.94. The third kappa shape index (κ3) is 1.65. The first kappa shape index (κ1) is 9.90. The first-order chi connectivity index (χ1) is 8.38. The summed E-state index contributed by atoms with van der Waals surface area (Å²) in [4.78, 5) is 4.24. The van der Waals surface area contributed by atoms with Crippen molar-refractivity contribution in [3.63, 3.8) is 0 Å². The summed E-state index contributed by atoms with van der Waals surface area (Å²) in [6.45, 7) is 0. The van der Waals surface area contributed by atoms with E-state index in [9.17, 15) is 0 Å². The van der Waals surface area contributed by atoms with E-state index < -0.39 is 0 Å². The number of pyridine rings is 1. The molecule has 0 N–H and O–H groups in total. The lowest BCUT2D eigenvalue weighted by atomic mass is 10.3. The van der Waals surface area contributed by atoms with Crippen molar-refractivity contribution < 1.29 is 4.74 Å². The van der Waals surface area contributed by atoms with E-state index in [1.165, 1.54) is 0 Å². The summed E-state index contributed by atoms with van der Waals surface area (Å²) in [6.07, 6.45) is 3.88. The Morgan fingerprint density at radius 2 is 1.94 bits per heavy atom. The van der Waals surface area contributed by atoms with Crippen LogP contribution in [0.5, 0.6) is 5.88 Å². The first-order valence-corrected chi connectivity index (χ1v) is 5.45. The lowest BCUT2D eigenvalue weighted by Gasteiger charge is -2.05. The van der Waals surface area contributed by atoms with Crippen LogP contribution in [0.3, 0.4) is 0 Å². The second-order valence-electron chi connectivity index (χ2n) is 3.81. The standard InChI is InChI=1S/C14H12N2O/c1-17-14-9-11-7-8-16(13(11)10-15-14)12-5-3-2-4-6-12/h2-10H,1H3. The number of ether oxygens (including phenoxy) is 1. The van der Waals surface area contributed by atoms with Crippen LogP contribution < -0.4 is 4.74 Å². The topological polar surface area (TPSA) is 27.1 Å². The fraction of sp³-hybridized carbons (Fsp3) is 0.0714. The van der Waals surface area contributed by atoms with Crippen LogP contribution in [0.25, 0.3) is 16.6 Å². The molecular formula is C14H12N2O. The molecule has 3 heteroatoms. The summed E-state index contributed by atoms with van der Waals surface area (Å²) in [6, 6.07) is 14.2. The molecule has 0 radical (unpaired) electrons. The molecule has 0 atom stereocenters. The fourth-order valence-corrected chi connectivity index (χ4v) is 1.94. The van der Waals surface area contributed by atoms with Crippen molar-refractivity contribution in [2.75, 3.05) is 7.11 Å². The van der Waals surface area contributed by atoms with Gasteiger partial charge in [0.25, 0.3) is 0 Å². The number of rotatable bonds is 2. The van der Waals surface area contributed by atoms with Gasteiger partial charge in [0.2, 0.25) is 5.88 Å². The Morgan fingerprint density at radius 3 is 2.71 bits per heavy atom. The van der Waals surface area contributed by atoms with Crippen molar-refractivity contribution in [3.05, 3.63) is 54.9 Å². The maximum atomic E-state index is 5.12. The van der Waals surface area contributed by atoms with Crippen LogP contribution in [-0.4, -0.2) is 16.7 Å². The highest BCUT2D eigenvalue weighted by Gasteiger charge is 2.04.